The predicted molar refractivity (Wildman–Crippen MR) is 59.4 cm³/mol. The van der Waals surface area contributed by atoms with Gasteiger partial charge in [0, 0.05) is 0 Å². The van der Waals surface area contributed by atoms with Crippen molar-refractivity contribution in [3.63, 3.8) is 0 Å². The lowest BCUT2D eigenvalue weighted by atomic mass is 10.3. The lowest BCUT2D eigenvalue weighted by molar-refractivity contribution is 0.965. The average molecular weight is 174 g/mol. The maximum absolute atomic E-state index is 2.51. The Balaban J connectivity index is 2.95. The Labute approximate surface area is 70.3 Å². The number of allylic oxidation sites excluding steroid dienone is 1. The molecule has 0 fully saturated rings. The summed E-state index contributed by atoms with van der Waals surface area (Å²) in [5, 5.41) is 0. The molecule has 0 spiro atoms. The molecule has 0 unspecified atom stereocenters. The number of hydrogen-bond donors (Lipinski definition) is 0. The first-order valence-electron chi connectivity index (χ1n) is 4.36. The van der Waals surface area contributed by atoms with Gasteiger partial charge in [-0.05, 0) is 49.4 Å². The topological polar surface area (TPSA) is 0 Å². The van der Waals surface area contributed by atoms with Crippen molar-refractivity contribution in [2.24, 2.45) is 0 Å². The van der Waals surface area contributed by atoms with E-state index in [1.165, 1.54) is 24.3 Å². The molecule has 0 amide bonds. The Bertz CT molecular complexity index is 189. The van der Waals surface area contributed by atoms with Crippen molar-refractivity contribution in [3.8, 4) is 0 Å². The fourth-order valence-corrected chi connectivity index (χ4v) is 4.34. The van der Waals surface area contributed by atoms with Gasteiger partial charge in [0.15, 0.2) is 0 Å². The van der Waals surface area contributed by atoms with E-state index in [-0.39, 0.29) is 0 Å². The third-order valence-corrected chi connectivity index (χ3v) is 6.50. The largest absolute Gasteiger partial charge is 0.281 e. The molecule has 0 radical (unpaired) electrons. The van der Waals surface area contributed by atoms with E-state index >= 15 is 0 Å². The number of rotatable bonds is 0. The van der Waals surface area contributed by atoms with Crippen LogP contribution < -0.4 is 0 Å². The maximum atomic E-state index is 2.51. The molecule has 0 aliphatic carbocycles. The quantitative estimate of drug-likeness (QED) is 0.495. The van der Waals surface area contributed by atoms with E-state index in [0.717, 1.165) is 0 Å². The highest BCUT2D eigenvalue weighted by molar-refractivity contribution is 8.63. The molecule has 1 heterocycles. The molecule has 0 N–H and O–H groups in total. The third-order valence-electron chi connectivity index (χ3n) is 2.52. The fourth-order valence-electron chi connectivity index (χ4n) is 1.60. The standard InChI is InChI=1S/C10H22S/c1-11(2,3,4)9-7-5-6-8-10-11/h5,7H,6,8-10H2,1-4H3. The Morgan fingerprint density at radius 2 is 1.64 bits per heavy atom. The van der Waals surface area contributed by atoms with Crippen LogP contribution in [-0.2, 0) is 0 Å². The minimum Gasteiger partial charge on any atom is -0.281 e. The molecule has 0 saturated carbocycles. The van der Waals surface area contributed by atoms with Crippen LogP contribution >= 0.6 is 8.29 Å². The minimum absolute atomic E-state index is 1.30. The Morgan fingerprint density at radius 3 is 2.27 bits per heavy atom. The first-order chi connectivity index (χ1) is 4.71. The van der Waals surface area contributed by atoms with Crippen molar-refractivity contribution in [2.45, 2.75) is 12.8 Å². The fraction of sp³-hybridized carbons (Fsp3) is 0.800. The van der Waals surface area contributed by atoms with E-state index < -0.39 is 8.29 Å². The Hall–Kier alpha value is 0.0900. The Morgan fingerprint density at radius 1 is 1.00 bits per heavy atom. The van der Waals surface area contributed by atoms with E-state index in [1.54, 1.807) is 0 Å². The van der Waals surface area contributed by atoms with Gasteiger partial charge in [0.25, 0.3) is 0 Å². The van der Waals surface area contributed by atoms with Crippen LogP contribution in [0.3, 0.4) is 0 Å². The molecule has 0 bridgehead atoms. The first kappa shape index (κ1) is 9.18. The van der Waals surface area contributed by atoms with Crippen LogP contribution in [0, 0.1) is 0 Å². The summed E-state index contributed by atoms with van der Waals surface area (Å²) in [6.07, 6.45) is 17.5. The van der Waals surface area contributed by atoms with Crippen LogP contribution in [0.5, 0.6) is 0 Å². The van der Waals surface area contributed by atoms with Gasteiger partial charge in [-0.3, -0.25) is 8.29 Å². The monoisotopic (exact) mass is 174 g/mol. The zero-order valence-electron chi connectivity index (χ0n) is 8.39. The minimum atomic E-state index is -1.62. The smallest absolute Gasteiger partial charge is 0.0161 e. The second kappa shape index (κ2) is 1.87. The normalized spacial score (nSPS) is 38.9. The van der Waals surface area contributed by atoms with E-state index in [4.69, 9.17) is 0 Å². The molecule has 1 rings (SSSR count). The van der Waals surface area contributed by atoms with Crippen LogP contribution in [-0.4, -0.2) is 36.5 Å². The maximum Gasteiger partial charge on any atom is -0.0161 e. The van der Waals surface area contributed by atoms with Gasteiger partial charge in [-0.15, -0.1) is 0 Å². The van der Waals surface area contributed by atoms with Gasteiger partial charge in [-0.2, -0.15) is 0 Å². The second-order valence-electron chi connectivity index (χ2n) is 6.45. The lowest BCUT2D eigenvalue weighted by Crippen LogP contribution is -2.36. The molecule has 0 aromatic carbocycles. The predicted octanol–water partition coefficient (Wildman–Crippen LogP) is 2.73. The molecule has 0 aromatic rings. The first-order valence-corrected chi connectivity index (χ1v) is 8.78. The highest BCUT2D eigenvalue weighted by Gasteiger charge is 2.41. The summed E-state index contributed by atoms with van der Waals surface area (Å²) in [6, 6.07) is 0. The molecular weight excluding hydrogens is 152 g/mol. The average Bonchev–Trinajstić information content (AvgIpc) is 1.86. The van der Waals surface area contributed by atoms with Gasteiger partial charge in [0.2, 0.25) is 0 Å². The van der Waals surface area contributed by atoms with Crippen molar-refractivity contribution < 1.29 is 0 Å². The van der Waals surface area contributed by atoms with E-state index in [9.17, 15) is 0 Å². The molecule has 0 nitrogen and oxygen atoms in total. The summed E-state index contributed by atoms with van der Waals surface area (Å²) in [4.78, 5) is 0. The van der Waals surface area contributed by atoms with Crippen LogP contribution in [0.4, 0.5) is 0 Å². The summed E-state index contributed by atoms with van der Waals surface area (Å²) in [6.45, 7) is 0. The van der Waals surface area contributed by atoms with Crippen molar-refractivity contribution >= 4 is 8.29 Å². The highest BCUT2D eigenvalue weighted by atomic mass is 32.4. The zero-order valence-corrected chi connectivity index (χ0v) is 9.21. The van der Waals surface area contributed by atoms with Gasteiger partial charge in [0.05, 0.1) is 0 Å². The molecule has 0 aromatic heterocycles. The van der Waals surface area contributed by atoms with Crippen LogP contribution in [0.25, 0.3) is 0 Å². The van der Waals surface area contributed by atoms with E-state index in [1.807, 2.05) is 0 Å². The van der Waals surface area contributed by atoms with E-state index in [2.05, 4.69) is 37.2 Å². The van der Waals surface area contributed by atoms with Gasteiger partial charge < -0.3 is 0 Å². The Kier molecular flexibility index (Phi) is 1.56. The highest BCUT2D eigenvalue weighted by Crippen LogP contribution is 2.78. The molecule has 68 valence electrons. The van der Waals surface area contributed by atoms with Gasteiger partial charge in [0.1, 0.15) is 0 Å². The zero-order chi connectivity index (χ0) is 8.65. The van der Waals surface area contributed by atoms with Crippen molar-refractivity contribution in [1.29, 1.82) is 0 Å². The molecule has 0 saturated heterocycles. The molecule has 11 heavy (non-hydrogen) atoms. The summed E-state index contributed by atoms with van der Waals surface area (Å²) >= 11 is 0. The van der Waals surface area contributed by atoms with Gasteiger partial charge in [-0.1, -0.05) is 12.2 Å². The van der Waals surface area contributed by atoms with Gasteiger partial charge >= 0.3 is 0 Å². The van der Waals surface area contributed by atoms with Crippen LogP contribution in [0.2, 0.25) is 0 Å². The third kappa shape index (κ3) is 2.90. The van der Waals surface area contributed by atoms with Crippen molar-refractivity contribution in [3.05, 3.63) is 12.2 Å². The summed E-state index contributed by atoms with van der Waals surface area (Å²) < 4.78 is 0. The molecule has 1 heteroatoms. The summed E-state index contributed by atoms with van der Waals surface area (Å²) in [7, 11) is -1.62. The lowest BCUT2D eigenvalue weighted by Gasteiger charge is -2.68. The van der Waals surface area contributed by atoms with Crippen LogP contribution in [0.15, 0.2) is 12.2 Å². The van der Waals surface area contributed by atoms with Crippen LogP contribution in [0.1, 0.15) is 12.8 Å². The molecular formula is C10H22S. The van der Waals surface area contributed by atoms with Gasteiger partial charge in [-0.25, -0.2) is 0 Å². The van der Waals surface area contributed by atoms with Crippen molar-refractivity contribution in [1.82, 2.24) is 0 Å². The SMILES string of the molecule is CS1(C)(C)(C)CC=CCCC1. The second-order valence-corrected chi connectivity index (χ2v) is 17.1. The number of hydrogen-bond acceptors (Lipinski definition) is 0. The molecule has 1 aliphatic heterocycles. The summed E-state index contributed by atoms with van der Waals surface area (Å²) in [5.74, 6) is 2.76. The molecule has 0 atom stereocenters. The molecule has 1 aliphatic rings. The van der Waals surface area contributed by atoms with Crippen molar-refractivity contribution in [2.75, 3.05) is 36.5 Å². The van der Waals surface area contributed by atoms with E-state index in [0.29, 0.717) is 0 Å². The summed E-state index contributed by atoms with van der Waals surface area (Å²) in [5.41, 5.74) is 0.